The van der Waals surface area contributed by atoms with Crippen molar-refractivity contribution in [2.24, 2.45) is 5.92 Å². The van der Waals surface area contributed by atoms with E-state index >= 15 is 0 Å². The van der Waals surface area contributed by atoms with E-state index in [9.17, 15) is 9.59 Å². The fourth-order valence-electron chi connectivity index (χ4n) is 4.41. The maximum atomic E-state index is 13.2. The Balaban J connectivity index is 1.54. The van der Waals surface area contributed by atoms with E-state index in [0.29, 0.717) is 11.7 Å². The van der Waals surface area contributed by atoms with E-state index in [-0.39, 0.29) is 29.5 Å². The van der Waals surface area contributed by atoms with Crippen molar-refractivity contribution in [3.63, 3.8) is 0 Å². The Kier molecular flexibility index (Phi) is 6.00. The van der Waals surface area contributed by atoms with Gasteiger partial charge in [-0.05, 0) is 53.0 Å². The number of anilines is 1. The SMILES string of the molecule is CC[C@H]1C[C@@H](Nc2ncncc2C(=O)c2ccn(C(=O)OC(C)(C)C)n2)[C@@H]2OC(C)(C)O[C@H]12. The Hall–Kier alpha value is -2.85. The summed E-state index contributed by atoms with van der Waals surface area (Å²) in [7, 11) is 0. The quantitative estimate of drug-likeness (QED) is 0.674. The van der Waals surface area contributed by atoms with Crippen molar-refractivity contribution in [3.8, 4) is 0 Å². The maximum Gasteiger partial charge on any atom is 0.435 e. The topological polar surface area (TPSA) is 117 Å². The standard InChI is InChI=1S/C23H31N5O5/c1-7-13-10-16(19-18(13)31-23(5,6)32-19)26-20-14(11-24-12-25-20)17(29)15-8-9-28(27-15)21(30)33-22(2,3)4/h8-9,11-13,16,18-19H,7,10H2,1-6H3,(H,24,25,26)/t13-,16+,18+,19-/m0/s1. The van der Waals surface area contributed by atoms with E-state index in [1.807, 2.05) is 13.8 Å². The van der Waals surface area contributed by atoms with Gasteiger partial charge in [0.05, 0.1) is 17.7 Å². The molecule has 0 aromatic carbocycles. The first-order valence-corrected chi connectivity index (χ1v) is 11.2. The molecule has 4 atom stereocenters. The van der Waals surface area contributed by atoms with Crippen molar-refractivity contribution >= 4 is 17.7 Å². The van der Waals surface area contributed by atoms with Crippen LogP contribution in [0.15, 0.2) is 24.8 Å². The summed E-state index contributed by atoms with van der Waals surface area (Å²) in [5.41, 5.74) is -0.314. The average Bonchev–Trinajstić information content (AvgIpc) is 3.41. The molecule has 1 saturated heterocycles. The van der Waals surface area contributed by atoms with E-state index in [4.69, 9.17) is 14.2 Å². The van der Waals surface area contributed by atoms with E-state index in [1.54, 1.807) is 20.8 Å². The number of nitrogens with zero attached hydrogens (tertiary/aromatic N) is 4. The molecule has 1 saturated carbocycles. The molecular formula is C23H31N5O5. The van der Waals surface area contributed by atoms with Crippen LogP contribution in [0.2, 0.25) is 0 Å². The molecule has 10 nitrogen and oxygen atoms in total. The lowest BCUT2D eigenvalue weighted by molar-refractivity contribution is -0.157. The molecule has 0 spiro atoms. The van der Waals surface area contributed by atoms with Gasteiger partial charge in [-0.2, -0.15) is 9.78 Å². The molecule has 0 radical (unpaired) electrons. The second-order valence-electron chi connectivity index (χ2n) is 9.96. The summed E-state index contributed by atoms with van der Waals surface area (Å²) in [6.07, 6.45) is 5.23. The third kappa shape index (κ3) is 4.91. The van der Waals surface area contributed by atoms with Crippen LogP contribution in [-0.2, 0) is 14.2 Å². The highest BCUT2D eigenvalue weighted by molar-refractivity contribution is 6.10. The molecule has 0 amide bonds. The number of carbonyl (C=O) groups is 2. The third-order valence-electron chi connectivity index (χ3n) is 5.79. The first-order chi connectivity index (χ1) is 15.5. The molecule has 3 heterocycles. The fraction of sp³-hybridized carbons (Fsp3) is 0.609. The molecule has 2 fully saturated rings. The van der Waals surface area contributed by atoms with Gasteiger partial charge in [-0.25, -0.2) is 14.8 Å². The smallest absolute Gasteiger partial charge is 0.435 e. The van der Waals surface area contributed by atoms with Gasteiger partial charge in [-0.15, -0.1) is 0 Å². The van der Waals surface area contributed by atoms with Crippen LogP contribution in [0.25, 0.3) is 0 Å². The second-order valence-corrected chi connectivity index (χ2v) is 9.96. The van der Waals surface area contributed by atoms with Gasteiger partial charge in [0, 0.05) is 12.4 Å². The first-order valence-electron chi connectivity index (χ1n) is 11.2. The zero-order valence-corrected chi connectivity index (χ0v) is 19.9. The summed E-state index contributed by atoms with van der Waals surface area (Å²) < 4.78 is 18.6. The number of fused-ring (bicyclic) bond motifs is 1. The van der Waals surface area contributed by atoms with Gasteiger partial charge in [-0.1, -0.05) is 13.3 Å². The highest BCUT2D eigenvalue weighted by Gasteiger charge is 2.53. The molecule has 10 heteroatoms. The van der Waals surface area contributed by atoms with Crippen LogP contribution in [0.1, 0.15) is 70.4 Å². The molecule has 2 aromatic heterocycles. The summed E-state index contributed by atoms with van der Waals surface area (Å²) in [5, 5.41) is 7.50. The highest BCUT2D eigenvalue weighted by Crippen LogP contribution is 2.43. The number of hydrogen-bond donors (Lipinski definition) is 1. The van der Waals surface area contributed by atoms with Crippen LogP contribution in [-0.4, -0.2) is 61.3 Å². The first kappa shape index (κ1) is 23.3. The zero-order chi connectivity index (χ0) is 24.0. The van der Waals surface area contributed by atoms with Gasteiger partial charge in [0.1, 0.15) is 29.5 Å². The van der Waals surface area contributed by atoms with Crippen LogP contribution in [0.3, 0.4) is 0 Å². The van der Waals surface area contributed by atoms with Gasteiger partial charge in [-0.3, -0.25) is 4.79 Å². The molecule has 1 N–H and O–H groups in total. The largest absolute Gasteiger partial charge is 0.442 e. The summed E-state index contributed by atoms with van der Waals surface area (Å²) in [5.74, 6) is -0.302. The summed E-state index contributed by atoms with van der Waals surface area (Å²) >= 11 is 0. The van der Waals surface area contributed by atoms with Gasteiger partial charge in [0.2, 0.25) is 5.78 Å². The van der Waals surface area contributed by atoms with E-state index in [1.165, 1.54) is 24.8 Å². The van der Waals surface area contributed by atoms with Crippen molar-refractivity contribution in [1.82, 2.24) is 19.7 Å². The highest BCUT2D eigenvalue weighted by atomic mass is 16.8. The normalized spacial score (nSPS) is 26.1. The Morgan fingerprint density at radius 2 is 2.00 bits per heavy atom. The van der Waals surface area contributed by atoms with Crippen molar-refractivity contribution in [2.45, 2.75) is 84.0 Å². The average molecular weight is 458 g/mol. The molecule has 178 valence electrons. The fourth-order valence-corrected chi connectivity index (χ4v) is 4.41. The number of rotatable bonds is 5. The molecule has 0 unspecified atom stereocenters. The summed E-state index contributed by atoms with van der Waals surface area (Å²) in [6.45, 7) is 11.2. The van der Waals surface area contributed by atoms with Crippen molar-refractivity contribution in [2.75, 3.05) is 5.32 Å². The Bertz CT molecular complexity index is 1040. The number of hydrogen-bond acceptors (Lipinski definition) is 9. The van der Waals surface area contributed by atoms with E-state index in [0.717, 1.165) is 17.5 Å². The predicted octanol–water partition coefficient (Wildman–Crippen LogP) is 3.42. The molecule has 2 aromatic rings. The minimum atomic E-state index is -0.673. The molecule has 1 aliphatic carbocycles. The molecule has 4 rings (SSSR count). The lowest BCUT2D eigenvalue weighted by Crippen LogP contribution is -2.35. The number of aromatic nitrogens is 4. The van der Waals surface area contributed by atoms with Crippen molar-refractivity contribution in [1.29, 1.82) is 0 Å². The van der Waals surface area contributed by atoms with E-state index in [2.05, 4.69) is 27.3 Å². The lowest BCUT2D eigenvalue weighted by atomic mass is 10.0. The monoisotopic (exact) mass is 457 g/mol. The van der Waals surface area contributed by atoms with Gasteiger partial charge >= 0.3 is 6.09 Å². The number of ether oxygens (including phenoxy) is 3. The predicted molar refractivity (Wildman–Crippen MR) is 119 cm³/mol. The summed E-state index contributed by atoms with van der Waals surface area (Å²) in [6, 6.07) is 1.40. The Labute approximate surface area is 193 Å². The lowest BCUT2D eigenvalue weighted by Gasteiger charge is -2.24. The van der Waals surface area contributed by atoms with Crippen LogP contribution < -0.4 is 5.32 Å². The molecule has 2 aliphatic rings. The van der Waals surface area contributed by atoms with Crippen molar-refractivity contribution < 1.29 is 23.8 Å². The van der Waals surface area contributed by atoms with Gasteiger partial charge in [0.25, 0.3) is 0 Å². The van der Waals surface area contributed by atoms with Crippen LogP contribution in [0, 0.1) is 5.92 Å². The minimum Gasteiger partial charge on any atom is -0.442 e. The Morgan fingerprint density at radius 3 is 2.70 bits per heavy atom. The maximum absolute atomic E-state index is 13.2. The molecule has 1 aliphatic heterocycles. The zero-order valence-electron chi connectivity index (χ0n) is 19.9. The summed E-state index contributed by atoms with van der Waals surface area (Å²) in [4.78, 5) is 33.8. The molecule has 0 bridgehead atoms. The number of nitrogens with one attached hydrogen (secondary N) is 1. The van der Waals surface area contributed by atoms with Gasteiger partial charge < -0.3 is 19.5 Å². The number of carbonyl (C=O) groups excluding carboxylic acids is 2. The van der Waals surface area contributed by atoms with Gasteiger partial charge in [0.15, 0.2) is 5.79 Å². The van der Waals surface area contributed by atoms with Crippen LogP contribution >= 0.6 is 0 Å². The minimum absolute atomic E-state index is 0.00647. The van der Waals surface area contributed by atoms with E-state index < -0.39 is 23.3 Å². The molecule has 33 heavy (non-hydrogen) atoms. The Morgan fingerprint density at radius 1 is 1.27 bits per heavy atom. The van der Waals surface area contributed by atoms with Crippen LogP contribution in [0.4, 0.5) is 10.6 Å². The van der Waals surface area contributed by atoms with Crippen molar-refractivity contribution in [3.05, 3.63) is 36.0 Å². The molecular weight excluding hydrogens is 426 g/mol. The van der Waals surface area contributed by atoms with Crippen LogP contribution in [0.5, 0.6) is 0 Å². The second kappa shape index (κ2) is 8.49. The third-order valence-corrected chi connectivity index (χ3v) is 5.79. The number of ketones is 1.